The van der Waals surface area contributed by atoms with Crippen LogP contribution in [0.4, 0.5) is 11.6 Å². The van der Waals surface area contributed by atoms with Gasteiger partial charge in [-0.3, -0.25) is 0 Å². The van der Waals surface area contributed by atoms with Gasteiger partial charge in [-0.25, -0.2) is 23.5 Å². The Morgan fingerprint density at radius 2 is 1.79 bits per heavy atom. The lowest BCUT2D eigenvalue weighted by Gasteiger charge is -2.09. The molecule has 0 fully saturated rings. The molecule has 0 bridgehead atoms. The van der Waals surface area contributed by atoms with Crippen LogP contribution in [0.5, 0.6) is 0 Å². The number of rotatable bonds is 8. The number of aryl methyl sites for hydroxylation is 1. The summed E-state index contributed by atoms with van der Waals surface area (Å²) in [7, 11) is -3.65. The van der Waals surface area contributed by atoms with Crippen LogP contribution in [0, 0.1) is 6.92 Å². The molecule has 7 nitrogen and oxygen atoms in total. The summed E-state index contributed by atoms with van der Waals surface area (Å²) in [4.78, 5) is 8.74. The first-order chi connectivity index (χ1) is 11.4. The monoisotopic (exact) mass is 347 g/mol. The molecule has 1 aromatic carbocycles. The zero-order chi connectivity index (χ0) is 17.6. The first kappa shape index (κ1) is 17.9. The second-order valence-corrected chi connectivity index (χ2v) is 6.78. The molecule has 2 aromatic rings. The van der Waals surface area contributed by atoms with Crippen LogP contribution in [0.1, 0.15) is 11.4 Å². The van der Waals surface area contributed by atoms with Crippen molar-refractivity contribution in [2.75, 3.05) is 23.7 Å². The highest BCUT2D eigenvalue weighted by atomic mass is 32.2. The first-order valence-electron chi connectivity index (χ1n) is 7.44. The van der Waals surface area contributed by atoms with Gasteiger partial charge in [0.05, 0.1) is 4.90 Å². The zero-order valence-corrected chi connectivity index (χ0v) is 14.3. The van der Waals surface area contributed by atoms with Crippen molar-refractivity contribution in [3.05, 3.63) is 54.4 Å². The van der Waals surface area contributed by atoms with Crippen molar-refractivity contribution in [2.24, 2.45) is 5.14 Å². The molecule has 0 saturated heterocycles. The lowest BCUT2D eigenvalue weighted by Crippen LogP contribution is -2.12. The van der Waals surface area contributed by atoms with Gasteiger partial charge in [-0.15, -0.1) is 6.58 Å². The van der Waals surface area contributed by atoms with Crippen LogP contribution >= 0.6 is 0 Å². The summed E-state index contributed by atoms with van der Waals surface area (Å²) < 4.78 is 22.4. The van der Waals surface area contributed by atoms with Gasteiger partial charge in [0.1, 0.15) is 17.5 Å². The van der Waals surface area contributed by atoms with Crippen molar-refractivity contribution < 1.29 is 8.42 Å². The number of nitrogens with zero attached hydrogens (tertiary/aromatic N) is 2. The fraction of sp³-hybridized carbons (Fsp3) is 0.250. The van der Waals surface area contributed by atoms with E-state index >= 15 is 0 Å². The second kappa shape index (κ2) is 7.89. The van der Waals surface area contributed by atoms with Gasteiger partial charge in [0.2, 0.25) is 10.0 Å². The third-order valence-corrected chi connectivity index (χ3v) is 4.17. The number of anilines is 2. The number of hydrogen-bond acceptors (Lipinski definition) is 6. The summed E-state index contributed by atoms with van der Waals surface area (Å²) in [5.41, 5.74) is 1.01. The van der Waals surface area contributed by atoms with Gasteiger partial charge >= 0.3 is 0 Å². The van der Waals surface area contributed by atoms with Gasteiger partial charge in [0, 0.05) is 19.2 Å². The largest absolute Gasteiger partial charge is 0.370 e. The highest BCUT2D eigenvalue weighted by Crippen LogP contribution is 2.12. The van der Waals surface area contributed by atoms with Gasteiger partial charge in [0.15, 0.2) is 0 Å². The van der Waals surface area contributed by atoms with Crippen molar-refractivity contribution in [2.45, 2.75) is 18.2 Å². The molecular weight excluding hydrogens is 326 g/mol. The van der Waals surface area contributed by atoms with Crippen LogP contribution in [0.2, 0.25) is 0 Å². The topological polar surface area (TPSA) is 110 Å². The van der Waals surface area contributed by atoms with E-state index in [2.05, 4.69) is 27.2 Å². The molecule has 128 valence electrons. The van der Waals surface area contributed by atoms with E-state index in [1.165, 1.54) is 12.1 Å². The summed E-state index contributed by atoms with van der Waals surface area (Å²) in [6, 6.07) is 8.36. The second-order valence-electron chi connectivity index (χ2n) is 5.22. The van der Waals surface area contributed by atoms with Crippen molar-refractivity contribution in [3.63, 3.8) is 0 Å². The highest BCUT2D eigenvalue weighted by molar-refractivity contribution is 7.89. The van der Waals surface area contributed by atoms with E-state index in [9.17, 15) is 8.42 Å². The Morgan fingerprint density at radius 1 is 1.17 bits per heavy atom. The molecule has 0 unspecified atom stereocenters. The molecule has 1 aromatic heterocycles. The number of nitrogens with one attached hydrogen (secondary N) is 2. The average molecular weight is 347 g/mol. The molecule has 8 heteroatoms. The van der Waals surface area contributed by atoms with E-state index in [1.807, 2.05) is 13.0 Å². The van der Waals surface area contributed by atoms with Crippen molar-refractivity contribution in [1.82, 2.24) is 9.97 Å². The summed E-state index contributed by atoms with van der Waals surface area (Å²) in [5.74, 6) is 2.14. The van der Waals surface area contributed by atoms with E-state index in [-0.39, 0.29) is 4.90 Å². The van der Waals surface area contributed by atoms with E-state index in [0.29, 0.717) is 18.9 Å². The minimum Gasteiger partial charge on any atom is -0.370 e. The van der Waals surface area contributed by atoms with Crippen LogP contribution in [-0.2, 0) is 16.4 Å². The molecule has 2 rings (SSSR count). The number of aromatic nitrogens is 2. The summed E-state index contributed by atoms with van der Waals surface area (Å²) in [5, 5.41) is 11.4. The third kappa shape index (κ3) is 5.32. The molecule has 0 radical (unpaired) electrons. The zero-order valence-electron chi connectivity index (χ0n) is 13.5. The van der Waals surface area contributed by atoms with E-state index in [1.54, 1.807) is 18.2 Å². The SMILES string of the molecule is C=CCNc1cc(NCCc2ccc(S(N)(=O)=O)cc2)nc(C)n1. The lowest BCUT2D eigenvalue weighted by molar-refractivity contribution is 0.598. The van der Waals surface area contributed by atoms with Crippen molar-refractivity contribution in [3.8, 4) is 0 Å². The van der Waals surface area contributed by atoms with E-state index in [4.69, 9.17) is 5.14 Å². The summed E-state index contributed by atoms with van der Waals surface area (Å²) >= 11 is 0. The Bertz CT molecular complexity index is 804. The maximum atomic E-state index is 11.2. The van der Waals surface area contributed by atoms with Crippen LogP contribution in [0.15, 0.2) is 47.9 Å². The smallest absolute Gasteiger partial charge is 0.238 e. The standard InChI is InChI=1S/C16H21N5O2S/c1-3-9-18-15-11-16(21-12(2)20-15)19-10-8-13-4-6-14(7-5-13)24(17,22)23/h3-7,11H,1,8-10H2,2H3,(H2,17,22,23)(H2,18,19,20,21). The number of nitrogens with two attached hydrogens (primary N) is 1. The van der Waals surface area contributed by atoms with Gasteiger partial charge < -0.3 is 10.6 Å². The Labute approximate surface area is 142 Å². The molecule has 0 atom stereocenters. The van der Waals surface area contributed by atoms with E-state index < -0.39 is 10.0 Å². The molecule has 0 aliphatic heterocycles. The van der Waals surface area contributed by atoms with Crippen molar-refractivity contribution >= 4 is 21.7 Å². The fourth-order valence-corrected chi connectivity index (χ4v) is 2.62. The lowest BCUT2D eigenvalue weighted by atomic mass is 10.1. The summed E-state index contributed by atoms with van der Waals surface area (Å²) in [6.07, 6.45) is 2.49. The molecule has 0 spiro atoms. The van der Waals surface area contributed by atoms with Gasteiger partial charge in [0.25, 0.3) is 0 Å². The maximum absolute atomic E-state index is 11.2. The fourth-order valence-electron chi connectivity index (χ4n) is 2.11. The number of benzene rings is 1. The maximum Gasteiger partial charge on any atom is 0.238 e. The molecule has 1 heterocycles. The van der Waals surface area contributed by atoms with Gasteiger partial charge in [-0.1, -0.05) is 18.2 Å². The highest BCUT2D eigenvalue weighted by Gasteiger charge is 2.06. The predicted octanol–water partition coefficient (Wildman–Crippen LogP) is 1.68. The molecular formula is C16H21N5O2S. The molecule has 0 amide bonds. The van der Waals surface area contributed by atoms with Gasteiger partial charge in [-0.2, -0.15) is 0 Å². The Hall–Kier alpha value is -2.45. The van der Waals surface area contributed by atoms with E-state index in [0.717, 1.165) is 23.6 Å². The van der Waals surface area contributed by atoms with Gasteiger partial charge in [-0.05, 0) is 31.0 Å². The quantitative estimate of drug-likeness (QED) is 0.627. The average Bonchev–Trinajstić information content (AvgIpc) is 2.52. The Morgan fingerprint density at radius 3 is 2.38 bits per heavy atom. The Balaban J connectivity index is 1.94. The first-order valence-corrected chi connectivity index (χ1v) is 8.99. The molecule has 0 saturated carbocycles. The molecule has 24 heavy (non-hydrogen) atoms. The van der Waals surface area contributed by atoms with Crippen LogP contribution in [-0.4, -0.2) is 31.5 Å². The third-order valence-electron chi connectivity index (χ3n) is 3.24. The predicted molar refractivity (Wildman–Crippen MR) is 95.5 cm³/mol. The molecule has 0 aliphatic rings. The number of hydrogen-bond donors (Lipinski definition) is 3. The summed E-state index contributed by atoms with van der Waals surface area (Å²) in [6.45, 7) is 6.78. The normalized spacial score (nSPS) is 11.1. The molecule has 0 aliphatic carbocycles. The molecule has 4 N–H and O–H groups in total. The number of primary sulfonamides is 1. The Kier molecular flexibility index (Phi) is 5.88. The van der Waals surface area contributed by atoms with Crippen LogP contribution in [0.25, 0.3) is 0 Å². The van der Waals surface area contributed by atoms with Crippen LogP contribution < -0.4 is 15.8 Å². The van der Waals surface area contributed by atoms with Crippen molar-refractivity contribution in [1.29, 1.82) is 0 Å². The number of sulfonamides is 1. The minimum atomic E-state index is -3.65. The van der Waals surface area contributed by atoms with Crippen LogP contribution in [0.3, 0.4) is 0 Å². The minimum absolute atomic E-state index is 0.114.